The van der Waals surface area contributed by atoms with Crippen molar-refractivity contribution in [3.63, 3.8) is 0 Å². The maximum Gasteiger partial charge on any atom is 0.225 e. The molecule has 2 heterocycles. The van der Waals surface area contributed by atoms with E-state index in [0.29, 0.717) is 0 Å². The summed E-state index contributed by atoms with van der Waals surface area (Å²) in [6, 6.07) is 0. The van der Waals surface area contributed by atoms with Gasteiger partial charge in [0.1, 0.15) is 0 Å². The molecule has 0 amide bonds. The van der Waals surface area contributed by atoms with Crippen LogP contribution in [0.25, 0.3) is 0 Å². The zero-order valence-corrected chi connectivity index (χ0v) is 17.6. The van der Waals surface area contributed by atoms with Crippen LogP contribution in [0.5, 0.6) is 5.75 Å². The molecule has 1 aromatic heterocycles. The lowest BCUT2D eigenvalue weighted by Gasteiger charge is -2.30. The molecule has 27 heavy (non-hydrogen) atoms. The Morgan fingerprint density at radius 3 is 1.81 bits per heavy atom. The van der Waals surface area contributed by atoms with Crippen molar-refractivity contribution in [1.29, 1.82) is 0 Å². The van der Waals surface area contributed by atoms with Crippen LogP contribution in [-0.2, 0) is 6.42 Å². The van der Waals surface area contributed by atoms with Crippen LogP contribution >= 0.6 is 0 Å². The van der Waals surface area contributed by atoms with Crippen LogP contribution in [0.4, 0.5) is 5.95 Å². The fraction of sp³-hybridized carbons (Fsp3) is 0.826. The van der Waals surface area contributed by atoms with Crippen molar-refractivity contribution in [2.75, 3.05) is 18.0 Å². The van der Waals surface area contributed by atoms with E-state index in [-0.39, 0.29) is 5.75 Å². The standard InChI is InChI=1S/C23H41N3O/c1-2-3-4-5-6-7-8-9-10-11-12-13-14-15-17-21-22(27)20-24-23(25-21)26-18-16-19-26/h20,27H,2-19H2,1H3. The number of aryl methyl sites for hydroxylation is 1. The molecule has 0 unspecified atom stereocenters. The Morgan fingerprint density at radius 1 is 0.815 bits per heavy atom. The molecule has 0 bridgehead atoms. The van der Waals surface area contributed by atoms with Crippen molar-refractivity contribution < 1.29 is 5.11 Å². The minimum absolute atomic E-state index is 0.258. The fourth-order valence-electron chi connectivity index (χ4n) is 3.74. The van der Waals surface area contributed by atoms with Gasteiger partial charge >= 0.3 is 0 Å². The normalized spacial score (nSPS) is 13.7. The number of aromatic nitrogens is 2. The van der Waals surface area contributed by atoms with Gasteiger partial charge in [-0.05, 0) is 19.3 Å². The van der Waals surface area contributed by atoms with Gasteiger partial charge in [-0.1, -0.05) is 90.4 Å². The van der Waals surface area contributed by atoms with Crippen LogP contribution < -0.4 is 4.90 Å². The number of aromatic hydroxyl groups is 1. The summed E-state index contributed by atoms with van der Waals surface area (Å²) in [5.74, 6) is 1.05. The molecule has 0 aliphatic carbocycles. The average molecular weight is 376 g/mol. The molecule has 1 aliphatic heterocycles. The molecule has 1 fully saturated rings. The van der Waals surface area contributed by atoms with E-state index in [9.17, 15) is 5.11 Å². The van der Waals surface area contributed by atoms with Crippen molar-refractivity contribution in [3.8, 4) is 5.75 Å². The molecule has 0 radical (unpaired) electrons. The quantitative estimate of drug-likeness (QED) is 0.339. The Labute approximate surface area is 166 Å². The summed E-state index contributed by atoms with van der Waals surface area (Å²) in [6.45, 7) is 4.37. The Kier molecular flexibility index (Phi) is 11.2. The highest BCUT2D eigenvalue weighted by Gasteiger charge is 2.18. The first-order valence-corrected chi connectivity index (χ1v) is 11.6. The minimum Gasteiger partial charge on any atom is -0.504 e. The van der Waals surface area contributed by atoms with E-state index in [0.717, 1.165) is 37.6 Å². The molecule has 1 N–H and O–H groups in total. The number of hydrogen-bond acceptors (Lipinski definition) is 4. The topological polar surface area (TPSA) is 49.2 Å². The third-order valence-corrected chi connectivity index (χ3v) is 5.74. The highest BCUT2D eigenvalue weighted by Crippen LogP contribution is 2.22. The summed E-state index contributed by atoms with van der Waals surface area (Å²) >= 11 is 0. The maximum atomic E-state index is 9.97. The van der Waals surface area contributed by atoms with Gasteiger partial charge in [-0.2, -0.15) is 0 Å². The molecule has 4 nitrogen and oxygen atoms in total. The maximum absolute atomic E-state index is 9.97. The number of hydrogen-bond donors (Lipinski definition) is 1. The van der Waals surface area contributed by atoms with Gasteiger partial charge in [-0.15, -0.1) is 0 Å². The van der Waals surface area contributed by atoms with Crippen LogP contribution in [0.2, 0.25) is 0 Å². The van der Waals surface area contributed by atoms with E-state index in [2.05, 4.69) is 21.8 Å². The summed E-state index contributed by atoms with van der Waals surface area (Å²) in [7, 11) is 0. The first-order chi connectivity index (χ1) is 13.3. The van der Waals surface area contributed by atoms with E-state index in [4.69, 9.17) is 0 Å². The summed E-state index contributed by atoms with van der Waals surface area (Å²) in [5.41, 5.74) is 0.825. The van der Waals surface area contributed by atoms with Crippen LogP contribution in [0.3, 0.4) is 0 Å². The average Bonchev–Trinajstić information content (AvgIpc) is 2.63. The molecule has 1 aliphatic rings. The van der Waals surface area contributed by atoms with E-state index in [1.165, 1.54) is 89.9 Å². The predicted octanol–water partition coefficient (Wildman–Crippen LogP) is 6.42. The highest BCUT2D eigenvalue weighted by atomic mass is 16.3. The molecule has 2 rings (SSSR count). The first kappa shape index (κ1) is 22.0. The largest absolute Gasteiger partial charge is 0.504 e. The van der Waals surface area contributed by atoms with Gasteiger partial charge in [0.15, 0.2) is 5.75 Å². The van der Waals surface area contributed by atoms with Crippen LogP contribution in [-0.4, -0.2) is 28.2 Å². The second-order valence-electron chi connectivity index (χ2n) is 8.19. The summed E-state index contributed by atoms with van der Waals surface area (Å²) in [5, 5.41) is 9.97. The first-order valence-electron chi connectivity index (χ1n) is 11.6. The molecule has 154 valence electrons. The zero-order chi connectivity index (χ0) is 19.2. The Hall–Kier alpha value is -1.32. The summed E-state index contributed by atoms with van der Waals surface area (Å²) in [6.07, 6.45) is 22.8. The Morgan fingerprint density at radius 2 is 1.33 bits per heavy atom. The zero-order valence-electron chi connectivity index (χ0n) is 17.6. The van der Waals surface area contributed by atoms with Crippen molar-refractivity contribution in [2.45, 2.75) is 110 Å². The van der Waals surface area contributed by atoms with Crippen molar-refractivity contribution in [2.24, 2.45) is 0 Å². The molecule has 4 heteroatoms. The molecule has 0 spiro atoms. The number of nitrogens with zero attached hydrogens (tertiary/aromatic N) is 3. The molecule has 0 aromatic carbocycles. The number of unbranched alkanes of at least 4 members (excludes halogenated alkanes) is 13. The number of anilines is 1. The van der Waals surface area contributed by atoms with E-state index < -0.39 is 0 Å². The van der Waals surface area contributed by atoms with Gasteiger partial charge in [0.25, 0.3) is 0 Å². The molecule has 0 saturated carbocycles. The monoisotopic (exact) mass is 375 g/mol. The number of rotatable bonds is 16. The smallest absolute Gasteiger partial charge is 0.225 e. The van der Waals surface area contributed by atoms with Crippen LogP contribution in [0.1, 0.15) is 109 Å². The molecule has 0 atom stereocenters. The Balaban J connectivity index is 1.41. The highest BCUT2D eigenvalue weighted by molar-refractivity contribution is 5.37. The van der Waals surface area contributed by atoms with Gasteiger partial charge < -0.3 is 10.0 Å². The summed E-state index contributed by atoms with van der Waals surface area (Å²) < 4.78 is 0. The van der Waals surface area contributed by atoms with E-state index in [1.54, 1.807) is 6.20 Å². The Bertz CT molecular complexity index is 502. The third-order valence-electron chi connectivity index (χ3n) is 5.74. The lowest BCUT2D eigenvalue weighted by atomic mass is 10.0. The lowest BCUT2D eigenvalue weighted by molar-refractivity contribution is 0.456. The fourth-order valence-corrected chi connectivity index (χ4v) is 3.74. The second-order valence-corrected chi connectivity index (χ2v) is 8.19. The molecule has 1 aromatic rings. The van der Waals surface area contributed by atoms with Gasteiger partial charge in [0, 0.05) is 13.1 Å². The molecular formula is C23H41N3O. The second kappa shape index (κ2) is 13.8. The predicted molar refractivity (Wildman–Crippen MR) is 115 cm³/mol. The van der Waals surface area contributed by atoms with Crippen LogP contribution in [0.15, 0.2) is 6.20 Å². The molecule has 1 saturated heterocycles. The van der Waals surface area contributed by atoms with Crippen molar-refractivity contribution in [1.82, 2.24) is 9.97 Å². The summed E-state index contributed by atoms with van der Waals surface area (Å²) in [4.78, 5) is 11.0. The van der Waals surface area contributed by atoms with Crippen LogP contribution in [0, 0.1) is 0 Å². The van der Waals surface area contributed by atoms with Gasteiger partial charge in [0.2, 0.25) is 5.95 Å². The van der Waals surface area contributed by atoms with Crippen molar-refractivity contribution in [3.05, 3.63) is 11.9 Å². The van der Waals surface area contributed by atoms with Gasteiger partial charge in [0.05, 0.1) is 11.9 Å². The van der Waals surface area contributed by atoms with E-state index >= 15 is 0 Å². The van der Waals surface area contributed by atoms with Crippen molar-refractivity contribution >= 4 is 5.95 Å². The minimum atomic E-state index is 0.258. The van der Waals surface area contributed by atoms with Gasteiger partial charge in [-0.25, -0.2) is 9.97 Å². The lowest BCUT2D eigenvalue weighted by Crippen LogP contribution is -2.38. The SMILES string of the molecule is CCCCCCCCCCCCCCCCc1nc(N2CCC2)ncc1O. The third kappa shape index (κ3) is 8.94. The van der Waals surface area contributed by atoms with Gasteiger partial charge in [-0.3, -0.25) is 0 Å². The van der Waals surface area contributed by atoms with E-state index in [1.807, 2.05) is 0 Å². The molecular weight excluding hydrogens is 334 g/mol.